The van der Waals surface area contributed by atoms with Crippen LogP contribution >= 0.6 is 11.6 Å². The number of hydrogen-bond donors (Lipinski definition) is 1. The Morgan fingerprint density at radius 3 is 2.58 bits per heavy atom. The standard InChI is InChI=1S/C18H24ClFN2O3S/c19-16-11-15(8-9-17(16)20)26(24,25)22-10-4-5-13(12-22)18(23)21-14-6-2-1-3-7-14/h8-9,11,13-14H,1-7,10,12H2,(H,21,23)/t13-/m0/s1. The molecule has 0 bridgehead atoms. The predicted octanol–water partition coefficient (Wildman–Crippen LogP) is 3.33. The van der Waals surface area contributed by atoms with Crippen molar-refractivity contribution in [2.45, 2.75) is 55.9 Å². The van der Waals surface area contributed by atoms with E-state index in [1.807, 2.05) is 0 Å². The molecule has 1 N–H and O–H groups in total. The molecule has 1 aliphatic heterocycles. The van der Waals surface area contributed by atoms with Crippen molar-refractivity contribution in [3.8, 4) is 0 Å². The van der Waals surface area contributed by atoms with Gasteiger partial charge in [-0.15, -0.1) is 0 Å². The Kier molecular flexibility index (Phi) is 6.20. The molecule has 2 fully saturated rings. The number of halogens is 2. The second kappa shape index (κ2) is 8.23. The lowest BCUT2D eigenvalue weighted by Gasteiger charge is -2.32. The molecule has 1 aromatic rings. The Bertz CT molecular complexity index is 766. The number of carbonyl (C=O) groups excluding carboxylic acids is 1. The summed E-state index contributed by atoms with van der Waals surface area (Å²) in [6.07, 6.45) is 6.75. The van der Waals surface area contributed by atoms with Crippen molar-refractivity contribution in [1.82, 2.24) is 9.62 Å². The summed E-state index contributed by atoms with van der Waals surface area (Å²) in [5, 5.41) is 2.86. The van der Waals surface area contributed by atoms with E-state index in [0.717, 1.165) is 37.8 Å². The van der Waals surface area contributed by atoms with Crippen LogP contribution in [0.3, 0.4) is 0 Å². The van der Waals surface area contributed by atoms with Crippen LogP contribution in [0, 0.1) is 11.7 Å². The van der Waals surface area contributed by atoms with E-state index in [9.17, 15) is 17.6 Å². The zero-order chi connectivity index (χ0) is 18.7. The topological polar surface area (TPSA) is 66.5 Å². The number of hydrogen-bond acceptors (Lipinski definition) is 3. The number of amides is 1. The maximum absolute atomic E-state index is 13.3. The second-order valence-electron chi connectivity index (χ2n) is 7.12. The van der Waals surface area contributed by atoms with Crippen molar-refractivity contribution in [3.05, 3.63) is 29.0 Å². The monoisotopic (exact) mass is 402 g/mol. The van der Waals surface area contributed by atoms with E-state index in [1.165, 1.54) is 16.8 Å². The molecule has 0 radical (unpaired) electrons. The molecule has 1 aliphatic carbocycles. The van der Waals surface area contributed by atoms with Gasteiger partial charge in [0.25, 0.3) is 0 Å². The number of rotatable bonds is 4. The average Bonchev–Trinajstić information content (AvgIpc) is 2.65. The summed E-state index contributed by atoms with van der Waals surface area (Å²) in [5.74, 6) is -1.07. The van der Waals surface area contributed by atoms with Crippen molar-refractivity contribution in [2.24, 2.45) is 5.92 Å². The van der Waals surface area contributed by atoms with Gasteiger partial charge >= 0.3 is 0 Å². The summed E-state index contributed by atoms with van der Waals surface area (Å²) in [4.78, 5) is 12.5. The lowest BCUT2D eigenvalue weighted by molar-refractivity contribution is -0.127. The first kappa shape index (κ1) is 19.6. The summed E-state index contributed by atoms with van der Waals surface area (Å²) < 4.78 is 40.3. The maximum Gasteiger partial charge on any atom is 0.243 e. The molecule has 1 atom stereocenters. The van der Waals surface area contributed by atoms with Crippen molar-refractivity contribution in [2.75, 3.05) is 13.1 Å². The van der Waals surface area contributed by atoms with Crippen molar-refractivity contribution < 1.29 is 17.6 Å². The number of nitrogens with zero attached hydrogens (tertiary/aromatic N) is 1. The molecule has 1 heterocycles. The van der Waals surface area contributed by atoms with Gasteiger partial charge in [0.05, 0.1) is 15.8 Å². The van der Waals surface area contributed by atoms with Crippen LogP contribution in [0.15, 0.2) is 23.1 Å². The maximum atomic E-state index is 13.3. The lowest BCUT2D eigenvalue weighted by Crippen LogP contribution is -2.47. The number of piperidine rings is 1. The van der Waals surface area contributed by atoms with Gasteiger partial charge in [0.1, 0.15) is 5.82 Å². The molecule has 1 amide bonds. The molecular formula is C18H24ClFN2O3S. The van der Waals surface area contributed by atoms with Crippen LogP contribution in [0.5, 0.6) is 0 Å². The lowest BCUT2D eigenvalue weighted by atomic mass is 9.93. The van der Waals surface area contributed by atoms with E-state index >= 15 is 0 Å². The minimum Gasteiger partial charge on any atom is -0.353 e. The minimum absolute atomic E-state index is 0.0442. The van der Waals surface area contributed by atoms with Gasteiger partial charge in [-0.1, -0.05) is 30.9 Å². The molecule has 0 aromatic heterocycles. The summed E-state index contributed by atoms with van der Waals surface area (Å²) >= 11 is 5.72. The Hall–Kier alpha value is -1.18. The highest BCUT2D eigenvalue weighted by molar-refractivity contribution is 7.89. The molecule has 1 saturated carbocycles. The summed E-state index contributed by atoms with van der Waals surface area (Å²) in [6, 6.07) is 3.59. The number of sulfonamides is 1. The Labute approximate surface area is 158 Å². The molecule has 144 valence electrons. The van der Waals surface area contributed by atoms with Crippen LogP contribution in [-0.2, 0) is 14.8 Å². The quantitative estimate of drug-likeness (QED) is 0.840. The van der Waals surface area contributed by atoms with Crippen molar-refractivity contribution in [3.63, 3.8) is 0 Å². The fraction of sp³-hybridized carbons (Fsp3) is 0.611. The number of carbonyl (C=O) groups is 1. The van der Waals surface area contributed by atoms with Crippen LogP contribution in [0.25, 0.3) is 0 Å². The fourth-order valence-electron chi connectivity index (χ4n) is 3.73. The van der Waals surface area contributed by atoms with E-state index in [2.05, 4.69) is 5.32 Å². The third kappa shape index (κ3) is 4.38. The molecule has 3 rings (SSSR count). The van der Waals surface area contributed by atoms with Crippen LogP contribution in [0.4, 0.5) is 4.39 Å². The van der Waals surface area contributed by atoms with E-state index in [1.54, 1.807) is 0 Å². The third-order valence-electron chi connectivity index (χ3n) is 5.24. The second-order valence-corrected chi connectivity index (χ2v) is 9.47. The Balaban J connectivity index is 1.68. The van der Waals surface area contributed by atoms with Crippen LogP contribution in [0.2, 0.25) is 5.02 Å². The van der Waals surface area contributed by atoms with Crippen LogP contribution in [-0.4, -0.2) is 37.8 Å². The van der Waals surface area contributed by atoms with E-state index < -0.39 is 15.8 Å². The largest absolute Gasteiger partial charge is 0.353 e. The highest BCUT2D eigenvalue weighted by Crippen LogP contribution is 2.27. The highest BCUT2D eigenvalue weighted by atomic mass is 35.5. The summed E-state index contributed by atoms with van der Waals surface area (Å²) in [5.41, 5.74) is 0. The van der Waals surface area contributed by atoms with E-state index in [0.29, 0.717) is 19.4 Å². The molecule has 1 saturated heterocycles. The minimum atomic E-state index is -3.80. The summed E-state index contributed by atoms with van der Waals surface area (Å²) in [7, 11) is -3.80. The van der Waals surface area contributed by atoms with Crippen molar-refractivity contribution in [1.29, 1.82) is 0 Å². The van der Waals surface area contributed by atoms with Gasteiger partial charge in [0.15, 0.2) is 0 Å². The average molecular weight is 403 g/mol. The van der Waals surface area contributed by atoms with Gasteiger partial charge < -0.3 is 5.32 Å². The van der Waals surface area contributed by atoms with Gasteiger partial charge in [-0.2, -0.15) is 4.31 Å². The first-order chi connectivity index (χ1) is 12.4. The van der Waals surface area contributed by atoms with E-state index in [4.69, 9.17) is 11.6 Å². The normalized spacial score (nSPS) is 22.9. The van der Waals surface area contributed by atoms with Crippen LogP contribution < -0.4 is 5.32 Å². The molecular weight excluding hydrogens is 379 g/mol. The fourth-order valence-corrected chi connectivity index (χ4v) is 5.52. The van der Waals surface area contributed by atoms with Gasteiger partial charge in [-0.05, 0) is 43.9 Å². The molecule has 8 heteroatoms. The predicted molar refractivity (Wildman–Crippen MR) is 97.9 cm³/mol. The van der Waals surface area contributed by atoms with Gasteiger partial charge in [0.2, 0.25) is 15.9 Å². The third-order valence-corrected chi connectivity index (χ3v) is 7.39. The number of nitrogens with one attached hydrogen (secondary N) is 1. The van der Waals surface area contributed by atoms with Gasteiger partial charge in [-0.3, -0.25) is 4.79 Å². The summed E-state index contributed by atoms with van der Waals surface area (Å²) in [6.45, 7) is 0.500. The smallest absolute Gasteiger partial charge is 0.243 e. The Morgan fingerprint density at radius 1 is 1.15 bits per heavy atom. The number of benzene rings is 1. The van der Waals surface area contributed by atoms with Crippen molar-refractivity contribution >= 4 is 27.5 Å². The zero-order valence-corrected chi connectivity index (χ0v) is 16.2. The van der Waals surface area contributed by atoms with Gasteiger partial charge in [0, 0.05) is 19.1 Å². The highest BCUT2D eigenvalue weighted by Gasteiger charge is 2.34. The zero-order valence-electron chi connectivity index (χ0n) is 14.6. The first-order valence-electron chi connectivity index (χ1n) is 9.13. The molecule has 5 nitrogen and oxygen atoms in total. The molecule has 26 heavy (non-hydrogen) atoms. The van der Waals surface area contributed by atoms with Gasteiger partial charge in [-0.25, -0.2) is 12.8 Å². The van der Waals surface area contributed by atoms with Crippen LogP contribution in [0.1, 0.15) is 44.9 Å². The van der Waals surface area contributed by atoms with E-state index in [-0.39, 0.29) is 34.3 Å². The Morgan fingerprint density at radius 2 is 1.88 bits per heavy atom. The molecule has 2 aliphatic rings. The first-order valence-corrected chi connectivity index (χ1v) is 11.0. The molecule has 0 spiro atoms. The molecule has 0 unspecified atom stereocenters. The SMILES string of the molecule is O=C(NC1CCCCC1)[C@H]1CCCN(S(=O)(=O)c2ccc(F)c(Cl)c2)C1. The molecule has 1 aromatic carbocycles.